The molecule has 0 aliphatic heterocycles. The molecule has 2 N–H and O–H groups in total. The minimum Gasteiger partial charge on any atom is -0.383 e. The summed E-state index contributed by atoms with van der Waals surface area (Å²) in [5.74, 6) is 0. The van der Waals surface area contributed by atoms with Crippen LogP contribution in [0.1, 0.15) is 37.5 Å². The van der Waals surface area contributed by atoms with E-state index in [1.165, 1.54) is 0 Å². The van der Waals surface area contributed by atoms with Crippen LogP contribution in [0.15, 0.2) is 5.38 Å². The number of hydrogen-bond donors (Lipinski definition) is 1. The number of nitrogens with zero attached hydrogens (tertiary/aromatic N) is 2. The molecule has 0 saturated carbocycles. The zero-order valence-electron chi connectivity index (χ0n) is 11.1. The Bertz CT molecular complexity index is 325. The van der Waals surface area contributed by atoms with Gasteiger partial charge in [-0.15, -0.1) is 11.3 Å². The molecule has 0 amide bonds. The van der Waals surface area contributed by atoms with Crippen molar-refractivity contribution >= 4 is 11.3 Å². The van der Waals surface area contributed by atoms with Gasteiger partial charge in [-0.2, -0.15) is 0 Å². The number of nitrogens with two attached hydrogens (primary N) is 1. The molecule has 17 heavy (non-hydrogen) atoms. The van der Waals surface area contributed by atoms with Crippen LogP contribution < -0.4 is 5.73 Å². The molecule has 1 unspecified atom stereocenters. The molecule has 0 bridgehead atoms. The number of thiazole rings is 1. The van der Waals surface area contributed by atoms with Gasteiger partial charge in [0.15, 0.2) is 0 Å². The van der Waals surface area contributed by atoms with Gasteiger partial charge in [-0.3, -0.25) is 4.90 Å². The van der Waals surface area contributed by atoms with Crippen molar-refractivity contribution in [2.75, 3.05) is 20.3 Å². The molecule has 5 heteroatoms. The van der Waals surface area contributed by atoms with Gasteiger partial charge in [0.1, 0.15) is 5.01 Å². The normalized spacial score (nSPS) is 13.6. The summed E-state index contributed by atoms with van der Waals surface area (Å²) in [6.45, 7) is 8.89. The fraction of sp³-hybridized carbons (Fsp3) is 0.750. The largest absolute Gasteiger partial charge is 0.383 e. The van der Waals surface area contributed by atoms with Gasteiger partial charge in [-0.1, -0.05) is 0 Å². The second-order valence-corrected chi connectivity index (χ2v) is 5.41. The van der Waals surface area contributed by atoms with Crippen LogP contribution in [0.4, 0.5) is 0 Å². The summed E-state index contributed by atoms with van der Waals surface area (Å²) in [5, 5.41) is 3.11. The minimum absolute atomic E-state index is 0.0280. The fourth-order valence-electron chi connectivity index (χ4n) is 1.54. The molecule has 1 rings (SSSR count). The summed E-state index contributed by atoms with van der Waals surface area (Å²) < 4.78 is 5.12. The Labute approximate surface area is 108 Å². The van der Waals surface area contributed by atoms with Gasteiger partial charge in [-0.25, -0.2) is 4.98 Å². The van der Waals surface area contributed by atoms with Crippen LogP contribution in [0, 0.1) is 0 Å². The zero-order chi connectivity index (χ0) is 12.8. The lowest BCUT2D eigenvalue weighted by molar-refractivity contribution is 0.124. The molecule has 0 fully saturated rings. The fourth-order valence-corrected chi connectivity index (χ4v) is 2.31. The number of aromatic nitrogens is 1. The zero-order valence-corrected chi connectivity index (χ0v) is 12.0. The molecule has 0 aliphatic carbocycles. The van der Waals surface area contributed by atoms with E-state index in [0.717, 1.165) is 30.4 Å². The average Bonchev–Trinajstić information content (AvgIpc) is 2.72. The summed E-state index contributed by atoms with van der Waals surface area (Å²) in [4.78, 5) is 6.90. The van der Waals surface area contributed by atoms with E-state index >= 15 is 0 Å². The molecule has 1 aromatic heterocycles. The molecule has 4 nitrogen and oxygen atoms in total. The van der Waals surface area contributed by atoms with Crippen molar-refractivity contribution in [3.8, 4) is 0 Å². The summed E-state index contributed by atoms with van der Waals surface area (Å²) in [7, 11) is 1.73. The van der Waals surface area contributed by atoms with Crippen molar-refractivity contribution in [2.45, 2.75) is 39.4 Å². The lowest BCUT2D eigenvalue weighted by Gasteiger charge is -2.25. The Morgan fingerprint density at radius 1 is 1.47 bits per heavy atom. The van der Waals surface area contributed by atoms with Crippen molar-refractivity contribution in [3.05, 3.63) is 16.1 Å². The Hall–Kier alpha value is -0.490. The lowest BCUT2D eigenvalue weighted by Crippen LogP contribution is -2.33. The molecule has 1 atom stereocenters. The first-order valence-corrected chi connectivity index (χ1v) is 6.85. The van der Waals surface area contributed by atoms with Gasteiger partial charge in [0.05, 0.1) is 18.3 Å². The van der Waals surface area contributed by atoms with Crippen molar-refractivity contribution < 1.29 is 4.74 Å². The first-order chi connectivity index (χ1) is 8.04. The van der Waals surface area contributed by atoms with E-state index in [1.54, 1.807) is 18.4 Å². The highest BCUT2D eigenvalue weighted by atomic mass is 32.1. The van der Waals surface area contributed by atoms with Gasteiger partial charge < -0.3 is 10.5 Å². The highest BCUT2D eigenvalue weighted by molar-refractivity contribution is 7.09. The topological polar surface area (TPSA) is 51.4 Å². The summed E-state index contributed by atoms with van der Waals surface area (Å²) in [6.07, 6.45) is 0. The number of ether oxygens (including phenoxy) is 1. The highest BCUT2D eigenvalue weighted by Crippen LogP contribution is 2.17. The van der Waals surface area contributed by atoms with Crippen LogP contribution in [0.2, 0.25) is 0 Å². The van der Waals surface area contributed by atoms with Gasteiger partial charge in [0.25, 0.3) is 0 Å². The maximum atomic E-state index is 5.81. The van der Waals surface area contributed by atoms with Crippen LogP contribution in [-0.4, -0.2) is 36.2 Å². The Morgan fingerprint density at radius 3 is 2.65 bits per heavy atom. The van der Waals surface area contributed by atoms with Gasteiger partial charge in [-0.05, 0) is 20.8 Å². The predicted molar refractivity (Wildman–Crippen MR) is 72.1 cm³/mol. The highest BCUT2D eigenvalue weighted by Gasteiger charge is 2.13. The second kappa shape index (κ2) is 7.06. The molecule has 0 aromatic carbocycles. The molecule has 0 spiro atoms. The van der Waals surface area contributed by atoms with E-state index in [-0.39, 0.29) is 6.04 Å². The molecule has 0 aliphatic rings. The molecule has 98 valence electrons. The van der Waals surface area contributed by atoms with Crippen LogP contribution >= 0.6 is 11.3 Å². The standard InChI is InChI=1S/C12H23N3OS/c1-9(2)15(5-6-16-4)7-11-8-17-12(14-11)10(3)13/h8-10H,5-7,13H2,1-4H3. The summed E-state index contributed by atoms with van der Waals surface area (Å²) >= 11 is 1.64. The molecule has 0 saturated heterocycles. The van der Waals surface area contributed by atoms with E-state index in [0.29, 0.717) is 6.04 Å². The second-order valence-electron chi connectivity index (χ2n) is 4.52. The molecule has 1 aromatic rings. The number of hydrogen-bond acceptors (Lipinski definition) is 5. The monoisotopic (exact) mass is 257 g/mol. The van der Waals surface area contributed by atoms with E-state index in [1.807, 2.05) is 6.92 Å². The summed E-state index contributed by atoms with van der Waals surface area (Å²) in [5.41, 5.74) is 6.92. The van der Waals surface area contributed by atoms with Crippen LogP contribution in [0.3, 0.4) is 0 Å². The number of rotatable bonds is 7. The lowest BCUT2D eigenvalue weighted by atomic mass is 10.3. The van der Waals surface area contributed by atoms with E-state index in [2.05, 4.69) is 29.1 Å². The van der Waals surface area contributed by atoms with Crippen molar-refractivity contribution in [3.63, 3.8) is 0 Å². The maximum absolute atomic E-state index is 5.81. The molecule has 0 radical (unpaired) electrons. The predicted octanol–water partition coefficient (Wildman–Crippen LogP) is 2.02. The first kappa shape index (κ1) is 14.6. The first-order valence-electron chi connectivity index (χ1n) is 5.97. The molecule has 1 heterocycles. The van der Waals surface area contributed by atoms with Gasteiger partial charge in [0.2, 0.25) is 0 Å². The van der Waals surface area contributed by atoms with Crippen LogP contribution in [0.5, 0.6) is 0 Å². The SMILES string of the molecule is COCCN(Cc1csc(C(C)N)n1)C(C)C. The van der Waals surface area contributed by atoms with E-state index in [9.17, 15) is 0 Å². The van der Waals surface area contributed by atoms with Crippen molar-refractivity contribution in [1.82, 2.24) is 9.88 Å². The van der Waals surface area contributed by atoms with Gasteiger partial charge in [0, 0.05) is 31.6 Å². The van der Waals surface area contributed by atoms with E-state index < -0.39 is 0 Å². The molecular weight excluding hydrogens is 234 g/mol. The Balaban J connectivity index is 2.58. The minimum atomic E-state index is 0.0280. The summed E-state index contributed by atoms with van der Waals surface area (Å²) in [6, 6.07) is 0.519. The van der Waals surface area contributed by atoms with Crippen molar-refractivity contribution in [2.24, 2.45) is 5.73 Å². The Morgan fingerprint density at radius 2 is 2.18 bits per heavy atom. The van der Waals surface area contributed by atoms with Crippen molar-refractivity contribution in [1.29, 1.82) is 0 Å². The quantitative estimate of drug-likeness (QED) is 0.812. The third-order valence-corrected chi connectivity index (χ3v) is 3.73. The average molecular weight is 257 g/mol. The third-order valence-electron chi connectivity index (χ3n) is 2.64. The maximum Gasteiger partial charge on any atom is 0.109 e. The van der Waals surface area contributed by atoms with Gasteiger partial charge >= 0.3 is 0 Å². The van der Waals surface area contributed by atoms with E-state index in [4.69, 9.17) is 10.5 Å². The third kappa shape index (κ3) is 4.71. The van der Waals surface area contributed by atoms with Crippen LogP contribution in [-0.2, 0) is 11.3 Å². The Kier molecular flexibility index (Phi) is 6.05. The smallest absolute Gasteiger partial charge is 0.109 e. The molecular formula is C12H23N3OS. The van der Waals surface area contributed by atoms with Crippen LogP contribution in [0.25, 0.3) is 0 Å². The number of methoxy groups -OCH3 is 1.